The summed E-state index contributed by atoms with van der Waals surface area (Å²) in [6.07, 6.45) is 3.40. The first-order valence-electron chi connectivity index (χ1n) is 8.34. The van der Waals surface area contributed by atoms with Crippen LogP contribution in [0.3, 0.4) is 0 Å². The molecule has 0 spiro atoms. The van der Waals surface area contributed by atoms with E-state index in [1.807, 2.05) is 13.0 Å². The van der Waals surface area contributed by atoms with E-state index in [0.717, 1.165) is 54.9 Å². The number of aryl methyl sites for hydroxylation is 1. The molecule has 0 bridgehead atoms. The molecule has 2 saturated heterocycles. The van der Waals surface area contributed by atoms with Gasteiger partial charge in [0.25, 0.3) is 11.1 Å². The van der Waals surface area contributed by atoms with E-state index in [1.165, 1.54) is 4.90 Å². The lowest BCUT2D eigenvalue weighted by molar-refractivity contribution is -0.123. The highest BCUT2D eigenvalue weighted by Gasteiger charge is 2.37. The second-order valence-corrected chi connectivity index (χ2v) is 7.16. The van der Waals surface area contributed by atoms with E-state index in [-0.39, 0.29) is 17.2 Å². The monoisotopic (exact) mass is 358 g/mol. The molecule has 5 nitrogen and oxygen atoms in total. The molecule has 25 heavy (non-hydrogen) atoms. The Bertz CT molecular complexity index is 738. The first-order valence-corrected chi connectivity index (χ1v) is 9.16. The summed E-state index contributed by atoms with van der Waals surface area (Å²) in [7, 11) is 0. The molecule has 0 aromatic heterocycles. The second-order valence-electron chi connectivity index (χ2n) is 6.17. The van der Waals surface area contributed by atoms with E-state index >= 15 is 0 Å². The molecule has 1 aromatic carbocycles. The fourth-order valence-corrected chi connectivity index (χ4v) is 3.82. The Morgan fingerprint density at radius 3 is 2.64 bits per heavy atom. The van der Waals surface area contributed by atoms with E-state index in [0.29, 0.717) is 4.91 Å². The van der Waals surface area contributed by atoms with Crippen LogP contribution in [0.5, 0.6) is 0 Å². The Morgan fingerprint density at radius 1 is 1.28 bits per heavy atom. The number of morpholine rings is 1. The van der Waals surface area contributed by atoms with Gasteiger partial charge in [-0.2, -0.15) is 0 Å². The third kappa shape index (κ3) is 3.65. The fourth-order valence-electron chi connectivity index (χ4n) is 2.92. The van der Waals surface area contributed by atoms with Crippen LogP contribution in [0.1, 0.15) is 18.1 Å². The fraction of sp³-hybridized carbons (Fsp3) is 0.368. The highest BCUT2D eigenvalue weighted by molar-refractivity contribution is 8.18. The molecule has 1 unspecified atom stereocenters. The predicted octanol–water partition coefficient (Wildman–Crippen LogP) is 3.44. The molecule has 2 aliphatic rings. The van der Waals surface area contributed by atoms with Gasteiger partial charge < -0.3 is 9.64 Å². The SMILES string of the molecule is C=CC(C)N1C(=O)S/C(=C/c2ccc(N3CCOCC3)cc2C)C1=O. The number of benzene rings is 1. The number of hydrogen-bond donors (Lipinski definition) is 0. The zero-order chi connectivity index (χ0) is 18.0. The van der Waals surface area contributed by atoms with Crippen molar-refractivity contribution >= 4 is 34.7 Å². The molecule has 2 fully saturated rings. The Hall–Kier alpha value is -2.05. The third-order valence-corrected chi connectivity index (χ3v) is 5.37. The van der Waals surface area contributed by atoms with Crippen LogP contribution >= 0.6 is 11.8 Å². The molecule has 2 amide bonds. The van der Waals surface area contributed by atoms with Crippen molar-refractivity contribution in [2.75, 3.05) is 31.2 Å². The van der Waals surface area contributed by atoms with Crippen molar-refractivity contribution in [2.45, 2.75) is 19.9 Å². The predicted molar refractivity (Wildman–Crippen MR) is 102 cm³/mol. The summed E-state index contributed by atoms with van der Waals surface area (Å²) < 4.78 is 5.39. The maximum atomic E-state index is 12.5. The summed E-state index contributed by atoms with van der Waals surface area (Å²) in [5.41, 5.74) is 3.19. The van der Waals surface area contributed by atoms with Crippen LogP contribution in [-0.2, 0) is 9.53 Å². The van der Waals surface area contributed by atoms with Crippen molar-refractivity contribution in [3.8, 4) is 0 Å². The number of nitrogens with zero attached hydrogens (tertiary/aromatic N) is 2. The number of rotatable bonds is 4. The van der Waals surface area contributed by atoms with Gasteiger partial charge in [-0.3, -0.25) is 14.5 Å². The Morgan fingerprint density at radius 2 is 2.00 bits per heavy atom. The average Bonchev–Trinajstić information content (AvgIpc) is 2.90. The number of anilines is 1. The minimum absolute atomic E-state index is 0.244. The number of ether oxygens (including phenoxy) is 1. The minimum Gasteiger partial charge on any atom is -0.378 e. The summed E-state index contributed by atoms with van der Waals surface area (Å²) in [4.78, 5) is 28.6. The first-order chi connectivity index (χ1) is 12.0. The zero-order valence-corrected chi connectivity index (χ0v) is 15.3. The first kappa shape index (κ1) is 17.8. The molecule has 6 heteroatoms. The summed E-state index contributed by atoms with van der Waals surface area (Å²) in [5.74, 6) is -0.251. The van der Waals surface area contributed by atoms with E-state index in [1.54, 1.807) is 19.1 Å². The number of carbonyl (C=O) groups is 2. The lowest BCUT2D eigenvalue weighted by Gasteiger charge is -2.29. The van der Waals surface area contributed by atoms with Crippen molar-refractivity contribution in [2.24, 2.45) is 0 Å². The third-order valence-electron chi connectivity index (χ3n) is 4.49. The normalized spacial score (nSPS) is 21.1. The van der Waals surface area contributed by atoms with Gasteiger partial charge in [-0.25, -0.2) is 0 Å². The molecule has 0 aliphatic carbocycles. The molecule has 2 aliphatic heterocycles. The summed E-state index contributed by atoms with van der Waals surface area (Å²) in [6.45, 7) is 10.7. The molecular weight excluding hydrogens is 336 g/mol. The van der Waals surface area contributed by atoms with Crippen LogP contribution in [0.4, 0.5) is 10.5 Å². The molecule has 1 aromatic rings. The van der Waals surface area contributed by atoms with E-state index in [4.69, 9.17) is 4.74 Å². The second kappa shape index (κ2) is 7.45. The number of carbonyl (C=O) groups excluding carboxylic acids is 2. The molecule has 0 radical (unpaired) electrons. The smallest absolute Gasteiger partial charge is 0.294 e. The van der Waals surface area contributed by atoms with Crippen LogP contribution < -0.4 is 4.90 Å². The lowest BCUT2D eigenvalue weighted by Crippen LogP contribution is -2.36. The summed E-state index contributed by atoms with van der Waals surface area (Å²) in [6, 6.07) is 5.88. The molecule has 132 valence electrons. The van der Waals surface area contributed by atoms with E-state index in [2.05, 4.69) is 23.6 Å². The van der Waals surface area contributed by atoms with Gasteiger partial charge in [-0.1, -0.05) is 12.1 Å². The van der Waals surface area contributed by atoms with E-state index < -0.39 is 0 Å². The van der Waals surface area contributed by atoms with Gasteiger partial charge >= 0.3 is 0 Å². The highest BCUT2D eigenvalue weighted by atomic mass is 32.2. The van der Waals surface area contributed by atoms with Crippen LogP contribution in [0.15, 0.2) is 35.8 Å². The van der Waals surface area contributed by atoms with E-state index in [9.17, 15) is 9.59 Å². The number of hydrogen-bond acceptors (Lipinski definition) is 5. The zero-order valence-electron chi connectivity index (χ0n) is 14.5. The molecule has 0 saturated carbocycles. The van der Waals surface area contributed by atoms with Crippen LogP contribution in [0.2, 0.25) is 0 Å². The Balaban J connectivity index is 1.82. The van der Waals surface area contributed by atoms with Crippen LogP contribution in [0, 0.1) is 6.92 Å². The molecular formula is C19H22N2O3S. The van der Waals surface area contributed by atoms with Crippen LogP contribution in [0.25, 0.3) is 6.08 Å². The molecule has 3 rings (SSSR count). The molecule has 2 heterocycles. The molecule has 0 N–H and O–H groups in total. The maximum Gasteiger partial charge on any atom is 0.294 e. The van der Waals surface area contributed by atoms with Gasteiger partial charge in [0, 0.05) is 18.8 Å². The van der Waals surface area contributed by atoms with Crippen LogP contribution in [-0.4, -0.2) is 48.4 Å². The Labute approximate surface area is 152 Å². The molecule has 1 atom stereocenters. The highest BCUT2D eigenvalue weighted by Crippen LogP contribution is 2.34. The quantitative estimate of drug-likeness (QED) is 0.609. The van der Waals surface area contributed by atoms with Gasteiger partial charge in [0.15, 0.2) is 0 Å². The number of amides is 2. The summed E-state index contributed by atoms with van der Waals surface area (Å²) >= 11 is 0.985. The van der Waals surface area contributed by atoms with Gasteiger partial charge in [0.2, 0.25) is 0 Å². The van der Waals surface area contributed by atoms with Gasteiger partial charge in [-0.05, 0) is 54.9 Å². The average molecular weight is 358 g/mol. The largest absolute Gasteiger partial charge is 0.378 e. The van der Waals surface area contributed by atoms with Gasteiger partial charge in [0.05, 0.1) is 24.2 Å². The Kier molecular flexibility index (Phi) is 5.30. The lowest BCUT2D eigenvalue weighted by atomic mass is 10.1. The topological polar surface area (TPSA) is 49.9 Å². The van der Waals surface area contributed by atoms with Crippen molar-refractivity contribution in [3.05, 3.63) is 46.9 Å². The number of imide groups is 1. The van der Waals surface area contributed by atoms with Crippen molar-refractivity contribution < 1.29 is 14.3 Å². The van der Waals surface area contributed by atoms with Crippen molar-refractivity contribution in [1.29, 1.82) is 0 Å². The van der Waals surface area contributed by atoms with Crippen molar-refractivity contribution in [3.63, 3.8) is 0 Å². The standard InChI is InChI=1S/C19H22N2O3S/c1-4-14(3)21-18(22)17(25-19(21)23)12-15-5-6-16(11-13(15)2)20-7-9-24-10-8-20/h4-6,11-12,14H,1,7-10H2,2-3H3/b17-12+. The number of thioether (sulfide) groups is 1. The minimum atomic E-state index is -0.303. The van der Waals surface area contributed by atoms with Crippen molar-refractivity contribution in [1.82, 2.24) is 4.90 Å². The van der Waals surface area contributed by atoms with Gasteiger partial charge in [-0.15, -0.1) is 6.58 Å². The van der Waals surface area contributed by atoms with Gasteiger partial charge in [0.1, 0.15) is 0 Å². The maximum absolute atomic E-state index is 12.5. The summed E-state index contributed by atoms with van der Waals surface area (Å²) in [5, 5.41) is -0.244.